The Morgan fingerprint density at radius 1 is 1.09 bits per heavy atom. The zero-order valence-corrected chi connectivity index (χ0v) is 13.6. The fourth-order valence-electron chi connectivity index (χ4n) is 2.14. The highest BCUT2D eigenvalue weighted by Crippen LogP contribution is 2.11. The molecule has 1 N–H and O–H groups in total. The summed E-state index contributed by atoms with van der Waals surface area (Å²) in [5.41, 5.74) is 2.62. The van der Waals surface area contributed by atoms with E-state index < -0.39 is 5.60 Å². The van der Waals surface area contributed by atoms with Gasteiger partial charge in [0.2, 0.25) is 0 Å². The molecular weight excluding hydrogens is 301 g/mol. The number of amides is 2. The lowest BCUT2D eigenvalue weighted by atomic mass is 10.2. The Morgan fingerprint density at radius 3 is 2.17 bits per heavy atom. The first-order chi connectivity index (χ1) is 10.7. The van der Waals surface area contributed by atoms with Gasteiger partial charge in [0.05, 0.1) is 0 Å². The molecule has 0 spiro atoms. The van der Waals surface area contributed by atoms with Crippen molar-refractivity contribution in [3.8, 4) is 0 Å². The molecular formula is C16H22FN3O3. The predicted octanol–water partition coefficient (Wildman–Crippen LogP) is 2.02. The van der Waals surface area contributed by atoms with Crippen molar-refractivity contribution in [3.63, 3.8) is 0 Å². The zero-order valence-electron chi connectivity index (χ0n) is 13.6. The van der Waals surface area contributed by atoms with E-state index >= 15 is 0 Å². The van der Waals surface area contributed by atoms with Gasteiger partial charge in [-0.05, 0) is 45.0 Å². The molecule has 6 nitrogen and oxygen atoms in total. The quantitative estimate of drug-likeness (QED) is 0.904. The van der Waals surface area contributed by atoms with Crippen LogP contribution in [0.3, 0.4) is 0 Å². The fraction of sp³-hybridized carbons (Fsp3) is 0.500. The first-order valence-electron chi connectivity index (χ1n) is 7.54. The molecule has 1 heterocycles. The van der Waals surface area contributed by atoms with E-state index in [2.05, 4.69) is 5.43 Å². The largest absolute Gasteiger partial charge is 0.444 e. The Labute approximate surface area is 135 Å². The molecule has 0 unspecified atom stereocenters. The number of hydrogen-bond acceptors (Lipinski definition) is 4. The molecule has 23 heavy (non-hydrogen) atoms. The van der Waals surface area contributed by atoms with Crippen molar-refractivity contribution < 1.29 is 18.7 Å². The summed E-state index contributed by atoms with van der Waals surface area (Å²) in [6.07, 6.45) is -0.345. The maximum atomic E-state index is 12.9. The van der Waals surface area contributed by atoms with E-state index in [1.807, 2.05) is 20.8 Å². The van der Waals surface area contributed by atoms with Gasteiger partial charge in [-0.25, -0.2) is 14.2 Å². The lowest BCUT2D eigenvalue weighted by Crippen LogP contribution is -2.55. The molecule has 0 aromatic heterocycles. The summed E-state index contributed by atoms with van der Waals surface area (Å²) in [5, 5.41) is 1.74. The third-order valence-corrected chi connectivity index (χ3v) is 3.30. The average Bonchev–Trinajstić information content (AvgIpc) is 2.46. The lowest BCUT2D eigenvalue weighted by Gasteiger charge is -2.35. The standard InChI is InChI=1S/C16H22FN3O3/c1-16(2,3)23-15(22)19-8-10-20(11-9-19)18-14(21)12-4-6-13(17)7-5-12/h4-7H,8-11H2,1-3H3,(H,18,21). The summed E-state index contributed by atoms with van der Waals surface area (Å²) in [7, 11) is 0. The van der Waals surface area contributed by atoms with Crippen LogP contribution >= 0.6 is 0 Å². The average molecular weight is 323 g/mol. The van der Waals surface area contributed by atoms with Crippen molar-refractivity contribution >= 4 is 12.0 Å². The zero-order chi connectivity index (χ0) is 17.0. The second-order valence-corrected chi connectivity index (χ2v) is 6.40. The van der Waals surface area contributed by atoms with Gasteiger partial charge in [0.1, 0.15) is 11.4 Å². The van der Waals surface area contributed by atoms with Crippen LogP contribution in [0.4, 0.5) is 9.18 Å². The Balaban J connectivity index is 1.81. The molecule has 1 aromatic carbocycles. The molecule has 1 aromatic rings. The summed E-state index contributed by atoms with van der Waals surface area (Å²) in [5.74, 6) is -0.678. The number of piperazine rings is 1. The number of ether oxygens (including phenoxy) is 1. The number of hydrogen-bond donors (Lipinski definition) is 1. The molecule has 0 atom stereocenters. The van der Waals surface area contributed by atoms with Gasteiger partial charge in [-0.15, -0.1) is 0 Å². The van der Waals surface area contributed by atoms with Gasteiger partial charge in [0, 0.05) is 31.7 Å². The molecule has 0 bridgehead atoms. The summed E-state index contributed by atoms with van der Waals surface area (Å²) in [6.45, 7) is 7.42. The van der Waals surface area contributed by atoms with Crippen molar-refractivity contribution in [2.75, 3.05) is 26.2 Å². The third-order valence-electron chi connectivity index (χ3n) is 3.30. The molecule has 1 saturated heterocycles. The van der Waals surface area contributed by atoms with Crippen LogP contribution in [-0.4, -0.2) is 53.7 Å². The highest BCUT2D eigenvalue weighted by Gasteiger charge is 2.26. The molecule has 126 valence electrons. The van der Waals surface area contributed by atoms with Crippen molar-refractivity contribution in [2.24, 2.45) is 0 Å². The molecule has 2 amide bonds. The summed E-state index contributed by atoms with van der Waals surface area (Å²) >= 11 is 0. The minimum atomic E-state index is -0.523. The summed E-state index contributed by atoms with van der Waals surface area (Å²) in [4.78, 5) is 25.6. The van der Waals surface area contributed by atoms with Crippen LogP contribution in [0.2, 0.25) is 0 Å². The molecule has 0 aliphatic carbocycles. The topological polar surface area (TPSA) is 61.9 Å². The Hall–Kier alpha value is -2.15. The molecule has 1 aliphatic heterocycles. The minimum Gasteiger partial charge on any atom is -0.444 e. The van der Waals surface area contributed by atoms with Gasteiger partial charge in [0.15, 0.2) is 0 Å². The van der Waals surface area contributed by atoms with Crippen LogP contribution in [0, 0.1) is 5.82 Å². The highest BCUT2D eigenvalue weighted by molar-refractivity contribution is 5.93. The molecule has 0 saturated carbocycles. The van der Waals surface area contributed by atoms with E-state index in [1.54, 1.807) is 9.91 Å². The fourth-order valence-corrected chi connectivity index (χ4v) is 2.14. The SMILES string of the molecule is CC(C)(C)OC(=O)N1CCN(NC(=O)c2ccc(F)cc2)CC1. The normalized spacial score (nSPS) is 16.1. The van der Waals surface area contributed by atoms with Crippen LogP contribution in [0.1, 0.15) is 31.1 Å². The summed E-state index contributed by atoms with van der Waals surface area (Å²) in [6, 6.07) is 5.36. The summed E-state index contributed by atoms with van der Waals surface area (Å²) < 4.78 is 18.2. The first kappa shape index (κ1) is 17.2. The van der Waals surface area contributed by atoms with Crippen LogP contribution in [0.15, 0.2) is 24.3 Å². The van der Waals surface area contributed by atoms with E-state index in [0.29, 0.717) is 31.7 Å². The van der Waals surface area contributed by atoms with Gasteiger partial charge >= 0.3 is 6.09 Å². The number of rotatable bonds is 2. The van der Waals surface area contributed by atoms with Crippen molar-refractivity contribution in [3.05, 3.63) is 35.6 Å². The van der Waals surface area contributed by atoms with E-state index in [0.717, 1.165) is 0 Å². The van der Waals surface area contributed by atoms with Gasteiger partial charge < -0.3 is 9.64 Å². The van der Waals surface area contributed by atoms with Crippen molar-refractivity contribution in [1.82, 2.24) is 15.3 Å². The number of carbonyl (C=O) groups is 2. The molecule has 7 heteroatoms. The first-order valence-corrected chi connectivity index (χ1v) is 7.54. The number of carbonyl (C=O) groups excluding carboxylic acids is 2. The van der Waals surface area contributed by atoms with E-state index in [4.69, 9.17) is 4.74 Å². The number of hydrazine groups is 1. The maximum Gasteiger partial charge on any atom is 0.410 e. The monoisotopic (exact) mass is 323 g/mol. The van der Waals surface area contributed by atoms with Crippen LogP contribution in [-0.2, 0) is 4.74 Å². The number of nitrogens with zero attached hydrogens (tertiary/aromatic N) is 2. The Bertz CT molecular complexity index is 561. The van der Waals surface area contributed by atoms with Crippen LogP contribution in [0.25, 0.3) is 0 Å². The molecule has 2 rings (SSSR count). The third kappa shape index (κ3) is 5.21. The number of nitrogens with one attached hydrogen (secondary N) is 1. The number of benzene rings is 1. The van der Waals surface area contributed by atoms with E-state index in [1.165, 1.54) is 24.3 Å². The van der Waals surface area contributed by atoms with E-state index in [9.17, 15) is 14.0 Å². The lowest BCUT2D eigenvalue weighted by molar-refractivity contribution is 0.00975. The highest BCUT2D eigenvalue weighted by atomic mass is 19.1. The maximum absolute atomic E-state index is 12.9. The number of halogens is 1. The second kappa shape index (κ2) is 6.95. The van der Waals surface area contributed by atoms with Gasteiger partial charge in [-0.1, -0.05) is 0 Å². The molecule has 0 radical (unpaired) electrons. The van der Waals surface area contributed by atoms with Gasteiger partial charge in [0.25, 0.3) is 5.91 Å². The Kier molecular flexibility index (Phi) is 5.20. The van der Waals surface area contributed by atoms with Crippen LogP contribution < -0.4 is 5.43 Å². The van der Waals surface area contributed by atoms with Gasteiger partial charge in [-0.2, -0.15) is 0 Å². The van der Waals surface area contributed by atoms with Gasteiger partial charge in [-0.3, -0.25) is 10.2 Å². The molecule has 1 fully saturated rings. The smallest absolute Gasteiger partial charge is 0.410 e. The van der Waals surface area contributed by atoms with Crippen LogP contribution in [0.5, 0.6) is 0 Å². The second-order valence-electron chi connectivity index (χ2n) is 6.40. The van der Waals surface area contributed by atoms with E-state index in [-0.39, 0.29) is 17.8 Å². The molecule has 1 aliphatic rings. The van der Waals surface area contributed by atoms with Crippen molar-refractivity contribution in [1.29, 1.82) is 0 Å². The van der Waals surface area contributed by atoms with Crippen molar-refractivity contribution in [2.45, 2.75) is 26.4 Å². The Morgan fingerprint density at radius 2 is 1.65 bits per heavy atom. The minimum absolute atomic E-state index is 0.296. The predicted molar refractivity (Wildman–Crippen MR) is 83.2 cm³/mol.